The molecule has 0 aliphatic heterocycles. The summed E-state index contributed by atoms with van der Waals surface area (Å²) in [7, 11) is 0. The molecule has 1 N–H and O–H groups in total. The Kier molecular flexibility index (Phi) is 9.06. The normalized spacial score (nSPS) is 11.4. The molecule has 0 atom stereocenters. The summed E-state index contributed by atoms with van der Waals surface area (Å²) < 4.78 is 50.1. The van der Waals surface area contributed by atoms with E-state index in [0.717, 1.165) is 16.0 Å². The fourth-order valence-corrected chi connectivity index (χ4v) is 4.44. The fraction of sp³-hybridized carbons (Fsp3) is 0.500. The van der Waals surface area contributed by atoms with Crippen LogP contribution in [0.2, 0.25) is 0 Å². The first-order valence-electron chi connectivity index (χ1n) is 9.99. The van der Waals surface area contributed by atoms with Crippen molar-refractivity contribution in [3.63, 3.8) is 0 Å². The maximum absolute atomic E-state index is 13.0. The van der Waals surface area contributed by atoms with Gasteiger partial charge < -0.3 is 14.8 Å². The van der Waals surface area contributed by atoms with Crippen molar-refractivity contribution >= 4 is 50.1 Å². The predicted octanol–water partition coefficient (Wildman–Crippen LogP) is 5.12. The highest BCUT2D eigenvalue weighted by Gasteiger charge is 2.38. The molecule has 2 aromatic rings. The molecule has 182 valence electrons. The largest absolute Gasteiger partial charge is 0.462 e. The van der Waals surface area contributed by atoms with Crippen molar-refractivity contribution in [2.45, 2.75) is 53.3 Å². The molecule has 0 radical (unpaired) electrons. The number of hydrogen-bond donors (Lipinski definition) is 1. The van der Waals surface area contributed by atoms with Crippen LogP contribution in [-0.4, -0.2) is 40.8 Å². The molecule has 0 aliphatic carbocycles. The number of alkyl halides is 3. The number of anilines is 1. The SMILES string of the molecule is CCCOC(=O)c1c(NC(=O)CCn2nc(C(F)(F)F)c(Br)c2C)sc(C(=O)OCC)c1C. The Morgan fingerprint density at radius 3 is 2.36 bits per heavy atom. The van der Waals surface area contributed by atoms with Crippen molar-refractivity contribution in [3.8, 4) is 0 Å². The number of carbonyl (C=O) groups excluding carboxylic acids is 3. The number of ether oxygens (including phenoxy) is 2. The number of amides is 1. The number of halogens is 4. The van der Waals surface area contributed by atoms with Crippen LogP contribution in [0.4, 0.5) is 18.2 Å². The van der Waals surface area contributed by atoms with Crippen LogP contribution in [0.15, 0.2) is 4.47 Å². The van der Waals surface area contributed by atoms with Crippen LogP contribution in [0.25, 0.3) is 0 Å². The molecule has 0 aromatic carbocycles. The maximum atomic E-state index is 13.0. The summed E-state index contributed by atoms with van der Waals surface area (Å²) in [6, 6.07) is 0. The maximum Gasteiger partial charge on any atom is 0.436 e. The van der Waals surface area contributed by atoms with E-state index in [1.54, 1.807) is 13.8 Å². The molecule has 13 heteroatoms. The minimum atomic E-state index is -4.64. The average molecular weight is 554 g/mol. The molecule has 0 fully saturated rings. The van der Waals surface area contributed by atoms with E-state index in [4.69, 9.17) is 9.47 Å². The van der Waals surface area contributed by atoms with Crippen LogP contribution in [0.1, 0.15) is 63.7 Å². The lowest BCUT2D eigenvalue weighted by atomic mass is 10.1. The van der Waals surface area contributed by atoms with Gasteiger partial charge in [0.2, 0.25) is 5.91 Å². The van der Waals surface area contributed by atoms with Gasteiger partial charge in [0.25, 0.3) is 0 Å². The predicted molar refractivity (Wildman–Crippen MR) is 118 cm³/mol. The lowest BCUT2D eigenvalue weighted by Gasteiger charge is -2.08. The first-order valence-corrected chi connectivity index (χ1v) is 11.6. The van der Waals surface area contributed by atoms with Gasteiger partial charge in [-0.05, 0) is 48.7 Å². The number of nitrogens with zero attached hydrogens (tertiary/aromatic N) is 2. The molecule has 2 heterocycles. The zero-order chi connectivity index (χ0) is 24.9. The molecule has 2 rings (SSSR count). The van der Waals surface area contributed by atoms with Gasteiger partial charge in [-0.1, -0.05) is 6.92 Å². The zero-order valence-electron chi connectivity index (χ0n) is 18.4. The molecule has 0 unspecified atom stereocenters. The smallest absolute Gasteiger partial charge is 0.436 e. The highest BCUT2D eigenvalue weighted by Crippen LogP contribution is 2.36. The van der Waals surface area contributed by atoms with E-state index < -0.39 is 29.7 Å². The molecule has 0 saturated heterocycles. The van der Waals surface area contributed by atoms with E-state index in [-0.39, 0.29) is 51.8 Å². The third kappa shape index (κ3) is 6.34. The summed E-state index contributed by atoms with van der Waals surface area (Å²) in [5.41, 5.74) is -0.497. The number of aryl methyl sites for hydroxylation is 1. The van der Waals surface area contributed by atoms with Crippen LogP contribution in [0, 0.1) is 13.8 Å². The van der Waals surface area contributed by atoms with Gasteiger partial charge in [-0.25, -0.2) is 9.59 Å². The molecule has 0 spiro atoms. The van der Waals surface area contributed by atoms with Gasteiger partial charge in [0.05, 0.1) is 35.5 Å². The summed E-state index contributed by atoms with van der Waals surface area (Å²) in [5.74, 6) is -1.91. The number of nitrogens with one attached hydrogen (secondary N) is 1. The van der Waals surface area contributed by atoms with E-state index in [1.165, 1.54) is 6.92 Å². The van der Waals surface area contributed by atoms with E-state index in [1.807, 2.05) is 6.92 Å². The van der Waals surface area contributed by atoms with Gasteiger partial charge in [-0.2, -0.15) is 18.3 Å². The highest BCUT2D eigenvalue weighted by molar-refractivity contribution is 9.10. The minimum absolute atomic E-state index is 0.0437. The standard InChI is InChI=1S/C20H23BrF3N3O5S/c1-5-9-32-18(29)13-10(3)15(19(30)31-6-2)33-17(13)25-12(28)7-8-27-11(4)14(21)16(26-27)20(22,23)24/h5-9H2,1-4H3,(H,25,28). The Hall–Kier alpha value is -2.41. The molecule has 0 aliphatic rings. The molecular weight excluding hydrogens is 531 g/mol. The molecular formula is C20H23BrF3N3O5S. The fourth-order valence-electron chi connectivity index (χ4n) is 2.83. The Balaban J connectivity index is 2.23. The molecule has 0 saturated carbocycles. The topological polar surface area (TPSA) is 99.5 Å². The highest BCUT2D eigenvalue weighted by atomic mass is 79.9. The van der Waals surface area contributed by atoms with Gasteiger partial charge >= 0.3 is 18.1 Å². The number of esters is 2. The Labute approximate surface area is 200 Å². The third-order valence-corrected chi connectivity index (χ3v) is 6.59. The van der Waals surface area contributed by atoms with Gasteiger partial charge in [-0.3, -0.25) is 9.48 Å². The van der Waals surface area contributed by atoms with Gasteiger partial charge in [0.15, 0.2) is 5.69 Å². The lowest BCUT2D eigenvalue weighted by Crippen LogP contribution is -2.17. The van der Waals surface area contributed by atoms with E-state index in [2.05, 4.69) is 26.3 Å². The summed E-state index contributed by atoms with van der Waals surface area (Å²) >= 11 is 3.76. The van der Waals surface area contributed by atoms with Crippen LogP contribution in [0.5, 0.6) is 0 Å². The molecule has 0 bridgehead atoms. The second-order valence-corrected chi connectivity index (χ2v) is 8.70. The Morgan fingerprint density at radius 1 is 1.15 bits per heavy atom. The monoisotopic (exact) mass is 553 g/mol. The molecule has 8 nitrogen and oxygen atoms in total. The van der Waals surface area contributed by atoms with Crippen molar-refractivity contribution in [1.82, 2.24) is 9.78 Å². The molecule has 1 amide bonds. The first kappa shape index (κ1) is 26.8. The number of hydrogen-bond acceptors (Lipinski definition) is 7. The second kappa shape index (κ2) is 11.1. The van der Waals surface area contributed by atoms with Gasteiger partial charge in [0.1, 0.15) is 9.88 Å². The van der Waals surface area contributed by atoms with Crippen molar-refractivity contribution < 1.29 is 37.0 Å². The number of rotatable bonds is 9. The van der Waals surface area contributed by atoms with Crippen molar-refractivity contribution in [2.24, 2.45) is 0 Å². The van der Waals surface area contributed by atoms with E-state index in [9.17, 15) is 27.6 Å². The van der Waals surface area contributed by atoms with Crippen LogP contribution in [-0.2, 0) is 27.0 Å². The first-order chi connectivity index (χ1) is 15.4. The summed E-state index contributed by atoms with van der Waals surface area (Å²) in [6.45, 7) is 6.61. The van der Waals surface area contributed by atoms with Crippen LogP contribution in [0.3, 0.4) is 0 Å². The van der Waals surface area contributed by atoms with E-state index >= 15 is 0 Å². The van der Waals surface area contributed by atoms with Crippen molar-refractivity contribution in [3.05, 3.63) is 31.9 Å². The van der Waals surface area contributed by atoms with Crippen molar-refractivity contribution in [1.29, 1.82) is 0 Å². The summed E-state index contributed by atoms with van der Waals surface area (Å²) in [4.78, 5) is 37.5. The minimum Gasteiger partial charge on any atom is -0.462 e. The molecule has 33 heavy (non-hydrogen) atoms. The van der Waals surface area contributed by atoms with Crippen LogP contribution >= 0.6 is 27.3 Å². The van der Waals surface area contributed by atoms with Crippen molar-refractivity contribution in [2.75, 3.05) is 18.5 Å². The number of carbonyl (C=O) groups is 3. The van der Waals surface area contributed by atoms with Gasteiger partial charge in [0, 0.05) is 6.42 Å². The molecule has 2 aromatic heterocycles. The Morgan fingerprint density at radius 2 is 1.82 bits per heavy atom. The second-order valence-electron chi connectivity index (χ2n) is 6.88. The van der Waals surface area contributed by atoms with E-state index in [0.29, 0.717) is 12.0 Å². The van der Waals surface area contributed by atoms with Gasteiger partial charge in [-0.15, -0.1) is 11.3 Å². The number of thiophene rings is 1. The summed E-state index contributed by atoms with van der Waals surface area (Å²) in [6.07, 6.45) is -4.27. The third-order valence-electron chi connectivity index (χ3n) is 4.45. The summed E-state index contributed by atoms with van der Waals surface area (Å²) in [5, 5.41) is 6.20. The quantitative estimate of drug-likeness (QED) is 0.433. The number of aromatic nitrogens is 2. The Bertz CT molecular complexity index is 1050. The average Bonchev–Trinajstić information content (AvgIpc) is 3.21. The lowest BCUT2D eigenvalue weighted by molar-refractivity contribution is -0.142. The van der Waals surface area contributed by atoms with Crippen LogP contribution < -0.4 is 5.32 Å². The zero-order valence-corrected chi connectivity index (χ0v) is 20.8.